The van der Waals surface area contributed by atoms with E-state index >= 15 is 0 Å². The topological polar surface area (TPSA) is 88.0 Å². The van der Waals surface area contributed by atoms with Crippen molar-refractivity contribution >= 4 is 16.2 Å². The fourth-order valence-corrected chi connectivity index (χ4v) is 4.64. The monoisotopic (exact) mass is 357 g/mol. The quantitative estimate of drug-likeness (QED) is 0.667. The van der Waals surface area contributed by atoms with Crippen molar-refractivity contribution in [3.63, 3.8) is 0 Å². The van der Waals surface area contributed by atoms with Gasteiger partial charge in [-0.25, -0.2) is 4.79 Å². The Morgan fingerprint density at radius 1 is 1.17 bits per heavy atom. The van der Waals surface area contributed by atoms with Crippen molar-refractivity contribution < 1.29 is 17.9 Å². The van der Waals surface area contributed by atoms with Crippen molar-refractivity contribution in [2.45, 2.75) is 20.0 Å². The van der Waals surface area contributed by atoms with E-state index in [0.29, 0.717) is 31.9 Å². The molecule has 0 unspecified atom stereocenters. The molecule has 24 heavy (non-hydrogen) atoms. The normalized spacial score (nSPS) is 20.8. The lowest BCUT2D eigenvalue weighted by molar-refractivity contribution is 0.0593. The smallest absolute Gasteiger partial charge is 0.358 e. The van der Waals surface area contributed by atoms with Crippen LogP contribution >= 0.6 is 0 Å². The van der Waals surface area contributed by atoms with Gasteiger partial charge in [-0.1, -0.05) is 6.92 Å². The largest absolute Gasteiger partial charge is 0.464 e. The minimum Gasteiger partial charge on any atom is -0.464 e. The van der Waals surface area contributed by atoms with Crippen LogP contribution in [0.4, 0.5) is 0 Å². The highest BCUT2D eigenvalue weighted by Crippen LogP contribution is 2.20. The molecule has 0 amide bonds. The van der Waals surface area contributed by atoms with E-state index in [0.717, 1.165) is 19.6 Å². The number of esters is 1. The number of nitrogens with zero attached hydrogens (tertiary/aromatic N) is 5. The molecule has 0 bridgehead atoms. The number of hydrogen-bond donors (Lipinski definition) is 0. The van der Waals surface area contributed by atoms with Crippen LogP contribution in [0.1, 0.15) is 23.1 Å². The predicted octanol–water partition coefficient (Wildman–Crippen LogP) is -0.632. The van der Waals surface area contributed by atoms with E-state index in [1.807, 2.05) is 0 Å². The third-order valence-corrected chi connectivity index (χ3v) is 6.57. The van der Waals surface area contributed by atoms with Gasteiger partial charge < -0.3 is 9.64 Å². The van der Waals surface area contributed by atoms with Crippen molar-refractivity contribution in [3.8, 4) is 0 Å². The van der Waals surface area contributed by atoms with Crippen LogP contribution in [-0.4, -0.2) is 84.1 Å². The van der Waals surface area contributed by atoms with Gasteiger partial charge in [0.15, 0.2) is 5.69 Å². The Morgan fingerprint density at radius 3 is 2.46 bits per heavy atom. The van der Waals surface area contributed by atoms with Crippen LogP contribution in [0.15, 0.2) is 6.07 Å². The summed E-state index contributed by atoms with van der Waals surface area (Å²) in [5.41, 5.74) is 0.917. The van der Waals surface area contributed by atoms with Gasteiger partial charge in [-0.2, -0.15) is 22.1 Å². The maximum atomic E-state index is 12.9. The number of fused-ring (bicyclic) bond motifs is 1. The number of rotatable bonds is 4. The second-order valence-electron chi connectivity index (χ2n) is 5.91. The van der Waals surface area contributed by atoms with Crippen molar-refractivity contribution in [1.82, 2.24) is 23.3 Å². The Hall–Kier alpha value is -1.49. The van der Waals surface area contributed by atoms with Gasteiger partial charge in [-0.05, 0) is 12.6 Å². The molecule has 134 valence electrons. The molecule has 0 aliphatic carbocycles. The van der Waals surface area contributed by atoms with Crippen LogP contribution in [-0.2, 0) is 28.0 Å². The molecule has 2 aliphatic rings. The first-order valence-corrected chi connectivity index (χ1v) is 9.48. The average molecular weight is 357 g/mol. The number of likely N-dealkylation sites (N-methyl/N-ethyl adjacent to an activating group) is 1. The molecule has 9 nitrogen and oxygen atoms in total. The molecule has 2 aliphatic heterocycles. The third-order valence-electron chi connectivity index (χ3n) is 4.59. The van der Waals surface area contributed by atoms with Gasteiger partial charge in [-0.15, -0.1) is 0 Å². The fraction of sp³-hybridized carbons (Fsp3) is 0.714. The van der Waals surface area contributed by atoms with Gasteiger partial charge in [0.2, 0.25) is 0 Å². The van der Waals surface area contributed by atoms with E-state index in [1.54, 1.807) is 15.1 Å². The first-order valence-electron chi connectivity index (χ1n) is 8.08. The van der Waals surface area contributed by atoms with Crippen molar-refractivity contribution in [3.05, 3.63) is 17.5 Å². The maximum Gasteiger partial charge on any atom is 0.358 e. The number of hydrogen-bond acceptors (Lipinski definition) is 6. The molecule has 1 fully saturated rings. The SMILES string of the molecule is CCN1CCN(S(=O)(=O)N2CCn3nc(C(=O)OC)cc3C2)CC1. The molecule has 1 aromatic heterocycles. The highest BCUT2D eigenvalue weighted by atomic mass is 32.2. The first kappa shape index (κ1) is 17.3. The molecule has 0 radical (unpaired) electrons. The van der Waals surface area contributed by atoms with Crippen molar-refractivity contribution in [1.29, 1.82) is 0 Å². The molecule has 1 aromatic rings. The summed E-state index contributed by atoms with van der Waals surface area (Å²) in [5, 5.41) is 4.17. The molecule has 1 saturated heterocycles. The summed E-state index contributed by atoms with van der Waals surface area (Å²) in [4.78, 5) is 13.8. The maximum absolute atomic E-state index is 12.9. The lowest BCUT2D eigenvalue weighted by Gasteiger charge is -2.37. The number of aromatic nitrogens is 2. The van der Waals surface area contributed by atoms with Gasteiger partial charge in [0.25, 0.3) is 10.2 Å². The molecule has 0 atom stereocenters. The number of piperazine rings is 1. The van der Waals surface area contributed by atoms with Crippen LogP contribution in [0.25, 0.3) is 0 Å². The van der Waals surface area contributed by atoms with Crippen LogP contribution in [0, 0.1) is 0 Å². The summed E-state index contributed by atoms with van der Waals surface area (Å²) in [6.07, 6.45) is 0. The van der Waals surface area contributed by atoms with E-state index < -0.39 is 16.2 Å². The van der Waals surface area contributed by atoms with Crippen molar-refractivity contribution in [2.24, 2.45) is 0 Å². The van der Waals surface area contributed by atoms with Crippen LogP contribution in [0.2, 0.25) is 0 Å². The highest BCUT2D eigenvalue weighted by molar-refractivity contribution is 7.86. The summed E-state index contributed by atoms with van der Waals surface area (Å²) < 4.78 is 35.1. The van der Waals surface area contributed by atoms with E-state index in [9.17, 15) is 13.2 Å². The number of carbonyl (C=O) groups is 1. The Labute approximate surface area is 141 Å². The van der Waals surface area contributed by atoms with Gasteiger partial charge in [-0.3, -0.25) is 4.68 Å². The summed E-state index contributed by atoms with van der Waals surface area (Å²) in [6, 6.07) is 1.60. The molecular weight excluding hydrogens is 334 g/mol. The second-order valence-corrected chi connectivity index (χ2v) is 7.84. The zero-order valence-corrected chi connectivity index (χ0v) is 14.8. The van der Waals surface area contributed by atoms with Gasteiger partial charge >= 0.3 is 5.97 Å². The van der Waals surface area contributed by atoms with Crippen LogP contribution in [0.5, 0.6) is 0 Å². The molecule has 10 heteroatoms. The fourth-order valence-electron chi connectivity index (χ4n) is 3.08. The molecule has 0 aromatic carbocycles. The number of methoxy groups -OCH3 is 1. The minimum absolute atomic E-state index is 0.211. The van der Waals surface area contributed by atoms with E-state index in [-0.39, 0.29) is 12.2 Å². The number of ether oxygens (including phenoxy) is 1. The Morgan fingerprint density at radius 2 is 1.83 bits per heavy atom. The van der Waals surface area contributed by atoms with E-state index in [1.165, 1.54) is 11.4 Å². The standard InChI is InChI=1S/C14H23N5O4S/c1-3-16-4-6-17(7-5-16)24(21,22)18-8-9-19-12(11-18)10-13(15-19)14(20)23-2/h10H,3-9,11H2,1-2H3. The Bertz CT molecular complexity index is 709. The zero-order valence-electron chi connectivity index (χ0n) is 14.0. The number of carbonyl (C=O) groups excluding carboxylic acids is 1. The summed E-state index contributed by atoms with van der Waals surface area (Å²) in [5.74, 6) is -0.512. The van der Waals surface area contributed by atoms with Crippen LogP contribution < -0.4 is 0 Å². The lowest BCUT2D eigenvalue weighted by atomic mass is 10.3. The van der Waals surface area contributed by atoms with Gasteiger partial charge in [0.1, 0.15) is 0 Å². The minimum atomic E-state index is -3.49. The molecule has 0 N–H and O–H groups in total. The third kappa shape index (κ3) is 3.18. The Balaban J connectivity index is 1.72. The van der Waals surface area contributed by atoms with Gasteiger partial charge in [0.05, 0.1) is 25.9 Å². The molecule has 3 heterocycles. The predicted molar refractivity (Wildman–Crippen MR) is 86.6 cm³/mol. The molecular formula is C14H23N5O4S. The first-order chi connectivity index (χ1) is 11.5. The van der Waals surface area contributed by atoms with E-state index in [2.05, 4.69) is 21.7 Å². The average Bonchev–Trinajstić information content (AvgIpc) is 3.04. The summed E-state index contributed by atoms with van der Waals surface area (Å²) in [6.45, 7) is 6.56. The Kier molecular flexibility index (Phi) is 4.90. The van der Waals surface area contributed by atoms with E-state index in [4.69, 9.17) is 0 Å². The molecule has 3 rings (SSSR count). The van der Waals surface area contributed by atoms with Crippen molar-refractivity contribution in [2.75, 3.05) is 46.4 Å². The molecule has 0 saturated carbocycles. The lowest BCUT2D eigenvalue weighted by Crippen LogP contribution is -2.54. The van der Waals surface area contributed by atoms with Crippen LogP contribution in [0.3, 0.4) is 0 Å². The highest BCUT2D eigenvalue weighted by Gasteiger charge is 2.34. The van der Waals surface area contributed by atoms with Gasteiger partial charge in [0, 0.05) is 32.7 Å². The zero-order chi connectivity index (χ0) is 17.3. The summed E-state index contributed by atoms with van der Waals surface area (Å²) >= 11 is 0. The molecule has 0 spiro atoms. The summed E-state index contributed by atoms with van der Waals surface area (Å²) in [7, 11) is -2.19. The second kappa shape index (κ2) is 6.79.